The van der Waals surface area contributed by atoms with Crippen molar-refractivity contribution < 1.29 is 0 Å². The average molecular weight is 445 g/mol. The second-order valence-corrected chi connectivity index (χ2v) is 12.8. The predicted molar refractivity (Wildman–Crippen MR) is 127 cm³/mol. The molecule has 0 spiro atoms. The molecule has 0 radical (unpaired) electrons. The van der Waals surface area contributed by atoms with E-state index in [1.807, 2.05) is 34.9 Å². The van der Waals surface area contributed by atoms with E-state index in [2.05, 4.69) is 73.4 Å². The summed E-state index contributed by atoms with van der Waals surface area (Å²) in [5, 5.41) is 0. The molecule has 1 rings (SSSR count). The van der Waals surface area contributed by atoms with Gasteiger partial charge in [0, 0.05) is 65.6 Å². The van der Waals surface area contributed by atoms with Crippen molar-refractivity contribution >= 4 is 81.9 Å². The zero-order valence-electron chi connectivity index (χ0n) is 14.5. The molecule has 0 saturated carbocycles. The molecule has 0 N–H and O–H groups in total. The lowest BCUT2D eigenvalue weighted by Gasteiger charge is -2.07. The lowest BCUT2D eigenvalue weighted by Crippen LogP contribution is -1.91. The molecule has 0 aliphatic heterocycles. The van der Waals surface area contributed by atoms with Gasteiger partial charge in [-0.15, -0.1) is 34.9 Å². The van der Waals surface area contributed by atoms with E-state index in [4.69, 9.17) is 0 Å². The molecule has 23 heavy (non-hydrogen) atoms. The summed E-state index contributed by atoms with van der Waals surface area (Å²) in [4.78, 5) is 6.16. The normalized spacial score (nSPS) is 11.3. The minimum absolute atomic E-state index is 1.24. The second-order valence-electron chi connectivity index (χ2n) is 4.78. The first-order valence-electron chi connectivity index (χ1n) is 7.69. The molecule has 0 bridgehead atoms. The van der Waals surface area contributed by atoms with Gasteiger partial charge in [0.2, 0.25) is 0 Å². The molecule has 0 fully saturated rings. The van der Waals surface area contributed by atoms with Gasteiger partial charge in [-0.25, -0.2) is 0 Å². The van der Waals surface area contributed by atoms with Crippen LogP contribution in [0.15, 0.2) is 9.79 Å². The van der Waals surface area contributed by atoms with Gasteiger partial charge in [0.05, 0.1) is 0 Å². The van der Waals surface area contributed by atoms with Crippen molar-refractivity contribution in [1.82, 2.24) is 0 Å². The van der Waals surface area contributed by atoms with Crippen LogP contribution >= 0.6 is 81.9 Å². The number of hydrogen-bond acceptors (Lipinski definition) is 7. The Kier molecular flexibility index (Phi) is 14.8. The number of thiophene rings is 1. The Labute approximate surface area is 172 Å². The maximum atomic E-state index is 2.29. The van der Waals surface area contributed by atoms with Gasteiger partial charge in [0.1, 0.15) is 0 Å². The molecule has 0 unspecified atom stereocenters. The van der Waals surface area contributed by atoms with Gasteiger partial charge in [0.15, 0.2) is 0 Å². The molecule has 0 aliphatic rings. The molecule has 0 aliphatic carbocycles. The highest BCUT2D eigenvalue weighted by Gasteiger charge is 2.14. The second kappa shape index (κ2) is 14.9. The van der Waals surface area contributed by atoms with Crippen molar-refractivity contribution in [2.75, 3.05) is 58.5 Å². The quantitative estimate of drug-likeness (QED) is 0.228. The molecule has 0 nitrogen and oxygen atoms in total. The Hall–Kier alpha value is 1.80. The first-order valence-corrected chi connectivity index (χ1v) is 15.6. The highest BCUT2D eigenvalue weighted by Crippen LogP contribution is 2.41. The maximum absolute atomic E-state index is 2.29. The fraction of sp³-hybridized carbons (Fsp3) is 0.750. The molecule has 1 aromatic rings. The molecule has 1 aromatic heterocycles. The van der Waals surface area contributed by atoms with E-state index in [1.165, 1.54) is 55.8 Å². The van der Waals surface area contributed by atoms with Gasteiger partial charge >= 0.3 is 0 Å². The van der Waals surface area contributed by atoms with Crippen LogP contribution in [0.1, 0.15) is 9.75 Å². The Morgan fingerprint density at radius 2 is 1.00 bits per heavy atom. The van der Waals surface area contributed by atoms with Gasteiger partial charge in [-0.3, -0.25) is 0 Å². The van der Waals surface area contributed by atoms with Crippen molar-refractivity contribution in [1.29, 1.82) is 0 Å². The third kappa shape index (κ3) is 9.90. The zero-order chi connectivity index (χ0) is 16.9. The minimum Gasteiger partial charge on any atom is -0.165 e. The molecular formula is C16H28S7. The number of thioether (sulfide) groups is 6. The van der Waals surface area contributed by atoms with E-state index >= 15 is 0 Å². The van der Waals surface area contributed by atoms with Crippen molar-refractivity contribution in [2.45, 2.75) is 23.6 Å². The highest BCUT2D eigenvalue weighted by atomic mass is 32.2. The van der Waals surface area contributed by atoms with Crippen molar-refractivity contribution in [3.05, 3.63) is 9.75 Å². The lowest BCUT2D eigenvalue weighted by molar-refractivity contribution is 1.22. The Morgan fingerprint density at radius 3 is 1.39 bits per heavy atom. The Bertz CT molecular complexity index is 380. The molecule has 0 saturated heterocycles. The summed E-state index contributed by atoms with van der Waals surface area (Å²) >= 11 is 14.2. The van der Waals surface area contributed by atoms with Gasteiger partial charge in [-0.1, -0.05) is 0 Å². The number of hydrogen-bond donors (Lipinski definition) is 0. The summed E-state index contributed by atoms with van der Waals surface area (Å²) in [6.45, 7) is 4.58. The highest BCUT2D eigenvalue weighted by molar-refractivity contribution is 8.06. The molecule has 7 heteroatoms. The fourth-order valence-corrected chi connectivity index (χ4v) is 9.48. The van der Waals surface area contributed by atoms with Crippen molar-refractivity contribution in [2.24, 2.45) is 0 Å². The Balaban J connectivity index is 2.34. The number of aryl methyl sites for hydroxylation is 2. The molecule has 134 valence electrons. The SMILES string of the molecule is CSCCSCCSc1c(C)sc(C)c1SCCSCCSC. The van der Waals surface area contributed by atoms with Crippen LogP contribution in [-0.4, -0.2) is 58.5 Å². The smallest absolute Gasteiger partial charge is 0.0348 e. The molecule has 1 heterocycles. The number of rotatable bonds is 14. The van der Waals surface area contributed by atoms with Crippen molar-refractivity contribution in [3.8, 4) is 0 Å². The third-order valence-corrected chi connectivity index (χ3v) is 11.0. The summed E-state index contributed by atoms with van der Waals surface area (Å²) in [6, 6.07) is 0. The van der Waals surface area contributed by atoms with Gasteiger partial charge in [-0.05, 0) is 26.4 Å². The summed E-state index contributed by atoms with van der Waals surface area (Å²) in [5.74, 6) is 10.2. The van der Waals surface area contributed by atoms with Crippen LogP contribution in [-0.2, 0) is 0 Å². The average Bonchev–Trinajstić information content (AvgIpc) is 2.80. The first-order chi connectivity index (χ1) is 11.2. The zero-order valence-corrected chi connectivity index (χ0v) is 20.2. The van der Waals surface area contributed by atoms with E-state index in [0.29, 0.717) is 0 Å². The van der Waals surface area contributed by atoms with E-state index in [0.717, 1.165) is 0 Å². The molecular weight excluding hydrogens is 417 g/mol. The minimum atomic E-state index is 1.24. The molecule has 0 aromatic carbocycles. The van der Waals surface area contributed by atoms with Crippen LogP contribution in [0.2, 0.25) is 0 Å². The van der Waals surface area contributed by atoms with E-state index in [9.17, 15) is 0 Å². The van der Waals surface area contributed by atoms with Crippen LogP contribution in [0.4, 0.5) is 0 Å². The van der Waals surface area contributed by atoms with Gasteiger partial charge in [-0.2, -0.15) is 47.0 Å². The van der Waals surface area contributed by atoms with Crippen LogP contribution in [0.25, 0.3) is 0 Å². The van der Waals surface area contributed by atoms with Crippen LogP contribution in [0, 0.1) is 13.8 Å². The van der Waals surface area contributed by atoms with E-state index in [-0.39, 0.29) is 0 Å². The van der Waals surface area contributed by atoms with E-state index in [1.54, 1.807) is 9.79 Å². The van der Waals surface area contributed by atoms with Gasteiger partial charge < -0.3 is 0 Å². The van der Waals surface area contributed by atoms with E-state index < -0.39 is 0 Å². The third-order valence-electron chi connectivity index (χ3n) is 2.96. The largest absolute Gasteiger partial charge is 0.165 e. The standard InChI is InChI=1S/C16H28S7/c1-13-15(21-11-9-19-7-5-17-3)16(14(2)23-13)22-12-10-20-8-6-18-4/h5-12H2,1-4H3. The summed E-state index contributed by atoms with van der Waals surface area (Å²) in [5.41, 5.74) is 0. The molecule has 0 atom stereocenters. The maximum Gasteiger partial charge on any atom is 0.0348 e. The topological polar surface area (TPSA) is 0 Å². The van der Waals surface area contributed by atoms with Crippen LogP contribution < -0.4 is 0 Å². The predicted octanol–water partition coefficient (Wildman–Crippen LogP) is 6.74. The van der Waals surface area contributed by atoms with Crippen LogP contribution in [0.5, 0.6) is 0 Å². The lowest BCUT2D eigenvalue weighted by atomic mass is 10.4. The molecule has 0 amide bonds. The van der Waals surface area contributed by atoms with Gasteiger partial charge in [0.25, 0.3) is 0 Å². The first kappa shape index (κ1) is 22.8. The monoisotopic (exact) mass is 444 g/mol. The summed E-state index contributed by atoms with van der Waals surface area (Å²) in [7, 11) is 0. The summed E-state index contributed by atoms with van der Waals surface area (Å²) < 4.78 is 0. The van der Waals surface area contributed by atoms with Crippen molar-refractivity contribution in [3.63, 3.8) is 0 Å². The Morgan fingerprint density at radius 1 is 0.609 bits per heavy atom. The fourth-order valence-electron chi connectivity index (χ4n) is 1.87. The van der Waals surface area contributed by atoms with Crippen LogP contribution in [0.3, 0.4) is 0 Å². The summed E-state index contributed by atoms with van der Waals surface area (Å²) in [6.07, 6.45) is 4.38.